The number of nitrogens with one attached hydrogen (secondary N) is 3. The Bertz CT molecular complexity index is 982. The Labute approximate surface area is 181 Å². The summed E-state index contributed by atoms with van der Waals surface area (Å²) >= 11 is 1.38. The summed E-state index contributed by atoms with van der Waals surface area (Å²) in [6.45, 7) is 7.94. The Morgan fingerprint density at radius 1 is 0.900 bits per heavy atom. The van der Waals surface area contributed by atoms with Crippen LogP contribution < -0.4 is 15.5 Å². The van der Waals surface area contributed by atoms with Crippen molar-refractivity contribution in [1.29, 1.82) is 0 Å². The van der Waals surface area contributed by atoms with Gasteiger partial charge in [0.25, 0.3) is 11.8 Å². The summed E-state index contributed by atoms with van der Waals surface area (Å²) in [5.41, 5.74) is 3.51. The quantitative estimate of drug-likeness (QED) is 0.495. The van der Waals surface area contributed by atoms with Gasteiger partial charge in [0.2, 0.25) is 0 Å². The van der Waals surface area contributed by atoms with E-state index in [0.717, 1.165) is 25.2 Å². The van der Waals surface area contributed by atoms with E-state index in [2.05, 4.69) is 36.6 Å². The molecule has 0 spiro atoms. The number of anilines is 1. The van der Waals surface area contributed by atoms with Crippen LogP contribution in [0.2, 0.25) is 0 Å². The number of thiophene rings is 1. The molecule has 0 radical (unpaired) electrons. The molecule has 2 amide bonds. The van der Waals surface area contributed by atoms with Crippen LogP contribution >= 0.6 is 11.3 Å². The molecule has 0 aliphatic carbocycles. The number of quaternary nitrogens is 1. The minimum Gasteiger partial charge on any atom is -0.348 e. The van der Waals surface area contributed by atoms with Gasteiger partial charge >= 0.3 is 0 Å². The highest BCUT2D eigenvalue weighted by molar-refractivity contribution is 7.12. The van der Waals surface area contributed by atoms with Crippen molar-refractivity contribution in [1.82, 2.24) is 5.32 Å². The second-order valence-corrected chi connectivity index (χ2v) is 8.05. The third kappa shape index (κ3) is 5.78. The average molecular weight is 423 g/mol. The average Bonchev–Trinajstić information content (AvgIpc) is 3.32. The fourth-order valence-corrected chi connectivity index (χ4v) is 3.91. The zero-order valence-electron chi connectivity index (χ0n) is 17.4. The molecule has 0 aliphatic heterocycles. The van der Waals surface area contributed by atoms with Gasteiger partial charge in [-0.25, -0.2) is 0 Å². The topological polar surface area (TPSA) is 62.6 Å². The number of benzene rings is 2. The first-order valence-corrected chi connectivity index (χ1v) is 11.1. The van der Waals surface area contributed by atoms with Crippen molar-refractivity contribution in [2.24, 2.45) is 0 Å². The predicted molar refractivity (Wildman–Crippen MR) is 122 cm³/mol. The molecule has 0 unspecified atom stereocenters. The molecular formula is C24H28N3O2S+. The zero-order valence-corrected chi connectivity index (χ0v) is 18.2. The van der Waals surface area contributed by atoms with Crippen molar-refractivity contribution in [3.8, 4) is 0 Å². The molecule has 0 saturated heterocycles. The van der Waals surface area contributed by atoms with Crippen molar-refractivity contribution in [2.75, 3.05) is 18.4 Å². The highest BCUT2D eigenvalue weighted by Crippen LogP contribution is 2.15. The van der Waals surface area contributed by atoms with Gasteiger partial charge < -0.3 is 15.5 Å². The molecule has 0 saturated carbocycles. The molecule has 3 rings (SSSR count). The van der Waals surface area contributed by atoms with E-state index in [-0.39, 0.29) is 11.8 Å². The molecule has 30 heavy (non-hydrogen) atoms. The number of hydrogen-bond acceptors (Lipinski definition) is 3. The van der Waals surface area contributed by atoms with E-state index in [1.54, 1.807) is 30.3 Å². The summed E-state index contributed by atoms with van der Waals surface area (Å²) < 4.78 is 0. The standard InChI is InChI=1S/C24H27N3O2S/c1-3-27(4-2)17-20-10-6-5-9-19(20)16-25-23(28)18-11-7-12-21(15-18)26-24(29)22-13-8-14-30-22/h5-15H,3-4,16-17H2,1-2H3,(H,25,28)(H,26,29)/p+1. The van der Waals surface area contributed by atoms with Crippen LogP contribution in [0.4, 0.5) is 5.69 Å². The van der Waals surface area contributed by atoms with Gasteiger partial charge in [0.1, 0.15) is 6.54 Å². The molecule has 156 valence electrons. The fraction of sp³-hybridized carbons (Fsp3) is 0.250. The normalized spacial score (nSPS) is 10.8. The van der Waals surface area contributed by atoms with Gasteiger partial charge in [0.05, 0.1) is 18.0 Å². The monoisotopic (exact) mass is 422 g/mol. The Balaban J connectivity index is 1.64. The molecule has 1 heterocycles. The van der Waals surface area contributed by atoms with E-state index < -0.39 is 0 Å². The summed E-state index contributed by atoms with van der Waals surface area (Å²) in [6, 6.07) is 18.9. The second-order valence-electron chi connectivity index (χ2n) is 7.10. The van der Waals surface area contributed by atoms with Crippen LogP contribution in [0.25, 0.3) is 0 Å². The summed E-state index contributed by atoms with van der Waals surface area (Å²) in [5.74, 6) is -0.331. The number of carbonyl (C=O) groups is 2. The van der Waals surface area contributed by atoms with Crippen LogP contribution in [0, 0.1) is 0 Å². The Hall–Kier alpha value is -2.96. The lowest BCUT2D eigenvalue weighted by Gasteiger charge is -2.18. The van der Waals surface area contributed by atoms with Crippen LogP contribution in [-0.2, 0) is 13.1 Å². The first kappa shape index (κ1) is 21.7. The molecule has 0 fully saturated rings. The molecule has 0 bridgehead atoms. The van der Waals surface area contributed by atoms with Gasteiger partial charge in [0.15, 0.2) is 0 Å². The van der Waals surface area contributed by atoms with Gasteiger partial charge in [0, 0.05) is 23.4 Å². The van der Waals surface area contributed by atoms with E-state index in [1.807, 2.05) is 23.6 Å². The molecule has 0 atom stereocenters. The SMILES string of the molecule is CC[NH+](CC)Cc1ccccc1CNC(=O)c1cccc(NC(=O)c2cccs2)c1. The van der Waals surface area contributed by atoms with Crippen molar-refractivity contribution in [3.63, 3.8) is 0 Å². The Morgan fingerprint density at radius 2 is 1.67 bits per heavy atom. The molecule has 5 nitrogen and oxygen atoms in total. The van der Waals surface area contributed by atoms with Crippen LogP contribution in [0.5, 0.6) is 0 Å². The van der Waals surface area contributed by atoms with Crippen molar-refractivity contribution < 1.29 is 14.5 Å². The lowest BCUT2D eigenvalue weighted by atomic mass is 10.1. The maximum absolute atomic E-state index is 12.7. The van der Waals surface area contributed by atoms with Crippen LogP contribution in [0.15, 0.2) is 66.0 Å². The molecule has 3 N–H and O–H groups in total. The predicted octanol–water partition coefficient (Wildman–Crippen LogP) is 3.36. The fourth-order valence-electron chi connectivity index (χ4n) is 3.29. The maximum Gasteiger partial charge on any atom is 0.265 e. The lowest BCUT2D eigenvalue weighted by molar-refractivity contribution is -0.910. The molecule has 0 aliphatic rings. The molecule has 3 aromatic rings. The Kier molecular flexibility index (Phi) is 7.76. The summed E-state index contributed by atoms with van der Waals surface area (Å²) in [4.78, 5) is 27.1. The van der Waals surface area contributed by atoms with E-state index in [4.69, 9.17) is 0 Å². The van der Waals surface area contributed by atoms with Gasteiger partial charge in [-0.2, -0.15) is 0 Å². The summed E-state index contributed by atoms with van der Waals surface area (Å²) in [6.07, 6.45) is 0. The van der Waals surface area contributed by atoms with E-state index in [9.17, 15) is 9.59 Å². The molecule has 2 aromatic carbocycles. The molecular weight excluding hydrogens is 394 g/mol. The Morgan fingerprint density at radius 3 is 2.37 bits per heavy atom. The molecule has 6 heteroatoms. The number of hydrogen-bond donors (Lipinski definition) is 3. The van der Waals surface area contributed by atoms with Crippen LogP contribution in [0.1, 0.15) is 45.0 Å². The largest absolute Gasteiger partial charge is 0.348 e. The minimum absolute atomic E-state index is 0.160. The minimum atomic E-state index is -0.171. The van der Waals surface area contributed by atoms with Crippen molar-refractivity contribution >= 4 is 28.8 Å². The zero-order chi connectivity index (χ0) is 21.3. The third-order valence-electron chi connectivity index (χ3n) is 5.13. The lowest BCUT2D eigenvalue weighted by Crippen LogP contribution is -3.10. The van der Waals surface area contributed by atoms with Gasteiger partial charge in [-0.3, -0.25) is 9.59 Å². The smallest absolute Gasteiger partial charge is 0.265 e. The van der Waals surface area contributed by atoms with Crippen molar-refractivity contribution in [2.45, 2.75) is 26.9 Å². The maximum atomic E-state index is 12.7. The third-order valence-corrected chi connectivity index (χ3v) is 5.99. The van der Waals surface area contributed by atoms with E-state index in [0.29, 0.717) is 22.7 Å². The van der Waals surface area contributed by atoms with Gasteiger partial charge in [-0.1, -0.05) is 36.4 Å². The number of carbonyl (C=O) groups excluding carboxylic acids is 2. The van der Waals surface area contributed by atoms with Crippen LogP contribution in [0.3, 0.4) is 0 Å². The summed E-state index contributed by atoms with van der Waals surface area (Å²) in [7, 11) is 0. The van der Waals surface area contributed by atoms with Gasteiger partial charge in [-0.05, 0) is 49.1 Å². The first-order valence-electron chi connectivity index (χ1n) is 10.2. The highest BCUT2D eigenvalue weighted by atomic mass is 32.1. The number of rotatable bonds is 9. The first-order chi connectivity index (χ1) is 14.6. The highest BCUT2D eigenvalue weighted by Gasteiger charge is 2.12. The van der Waals surface area contributed by atoms with Crippen LogP contribution in [-0.4, -0.2) is 24.9 Å². The van der Waals surface area contributed by atoms with Gasteiger partial charge in [-0.15, -0.1) is 11.3 Å². The number of amides is 2. The van der Waals surface area contributed by atoms with E-state index in [1.165, 1.54) is 21.8 Å². The molecule has 1 aromatic heterocycles. The second kappa shape index (κ2) is 10.7. The van der Waals surface area contributed by atoms with E-state index >= 15 is 0 Å². The summed E-state index contributed by atoms with van der Waals surface area (Å²) in [5, 5.41) is 7.72. The van der Waals surface area contributed by atoms with Crippen molar-refractivity contribution in [3.05, 3.63) is 87.6 Å².